The van der Waals surface area contributed by atoms with Crippen molar-refractivity contribution in [1.29, 1.82) is 0 Å². The van der Waals surface area contributed by atoms with Crippen molar-refractivity contribution in [2.24, 2.45) is 0 Å². The van der Waals surface area contributed by atoms with Crippen molar-refractivity contribution < 1.29 is 53.8 Å². The van der Waals surface area contributed by atoms with E-state index >= 15 is 0 Å². The van der Waals surface area contributed by atoms with Crippen molar-refractivity contribution >= 4 is 17.9 Å². The van der Waals surface area contributed by atoms with Crippen LogP contribution in [0.15, 0.2) is 109 Å². The van der Waals surface area contributed by atoms with E-state index in [1.54, 1.807) is 6.08 Å². The summed E-state index contributed by atoms with van der Waals surface area (Å²) in [6.07, 6.45) is 43.1. The van der Waals surface area contributed by atoms with Crippen molar-refractivity contribution in [3.05, 3.63) is 109 Å². The lowest BCUT2D eigenvalue weighted by atomic mass is 9.99. The summed E-state index contributed by atoms with van der Waals surface area (Å²) in [6, 6.07) is 0. The third-order valence-electron chi connectivity index (χ3n) is 9.15. The van der Waals surface area contributed by atoms with Crippen LogP contribution in [0.25, 0.3) is 0 Å². The highest BCUT2D eigenvalue weighted by molar-refractivity contribution is 5.73. The Balaban J connectivity index is 2.45. The number of carboxylic acids is 1. The van der Waals surface area contributed by atoms with Gasteiger partial charge in [0, 0.05) is 6.42 Å². The van der Waals surface area contributed by atoms with Gasteiger partial charge in [0.15, 0.2) is 18.5 Å². The van der Waals surface area contributed by atoms with E-state index in [9.17, 15) is 34.8 Å². The third-order valence-corrected chi connectivity index (χ3v) is 9.15. The molecular weight excluding hydrogens is 765 g/mol. The summed E-state index contributed by atoms with van der Waals surface area (Å²) in [5.74, 6) is -2.64. The number of esters is 2. The summed E-state index contributed by atoms with van der Waals surface area (Å²) in [5, 5.41) is 39.8. The first-order valence-electron chi connectivity index (χ1n) is 21.9. The summed E-state index contributed by atoms with van der Waals surface area (Å²) in [4.78, 5) is 36.8. The topological polar surface area (TPSA) is 169 Å². The Bertz CT molecular complexity index is 1400. The van der Waals surface area contributed by atoms with Crippen LogP contribution in [0.1, 0.15) is 129 Å². The average Bonchev–Trinajstić information content (AvgIpc) is 3.23. The van der Waals surface area contributed by atoms with E-state index < -0.39 is 61.3 Å². The Morgan fingerprint density at radius 2 is 0.983 bits per heavy atom. The molecule has 1 fully saturated rings. The lowest BCUT2D eigenvalue weighted by molar-refractivity contribution is -0.298. The van der Waals surface area contributed by atoms with Gasteiger partial charge in [0.05, 0.1) is 13.0 Å². The predicted octanol–water partition coefficient (Wildman–Crippen LogP) is 9.42. The van der Waals surface area contributed by atoms with E-state index in [1.807, 2.05) is 18.2 Å². The predicted molar refractivity (Wildman–Crippen MR) is 238 cm³/mol. The number of aliphatic hydroxyl groups excluding tert-OH is 3. The van der Waals surface area contributed by atoms with Crippen LogP contribution in [0.2, 0.25) is 0 Å². The molecule has 0 saturated carbocycles. The molecule has 0 radical (unpaired) electrons. The fourth-order valence-corrected chi connectivity index (χ4v) is 5.76. The molecule has 0 aromatic rings. The van der Waals surface area contributed by atoms with Gasteiger partial charge in [0.1, 0.15) is 24.9 Å². The van der Waals surface area contributed by atoms with Crippen LogP contribution < -0.4 is 0 Å². The molecule has 0 bridgehead atoms. The number of ether oxygens (including phenoxy) is 4. The molecule has 1 saturated heterocycles. The first kappa shape index (κ1) is 53.9. The maximum Gasteiger partial charge on any atom is 0.335 e. The number of unbranched alkanes of at least 4 members (excludes halogenated alkanes) is 6. The normalized spacial score (nSPS) is 20.9. The molecule has 0 spiro atoms. The van der Waals surface area contributed by atoms with Crippen molar-refractivity contribution in [3.8, 4) is 0 Å². The van der Waals surface area contributed by atoms with Crippen LogP contribution in [0.3, 0.4) is 0 Å². The van der Waals surface area contributed by atoms with Crippen LogP contribution in [0.4, 0.5) is 0 Å². The van der Waals surface area contributed by atoms with Gasteiger partial charge in [-0.2, -0.15) is 0 Å². The Morgan fingerprint density at radius 1 is 0.533 bits per heavy atom. The number of carboxylic acid groups (broad SMARTS) is 1. The molecule has 4 N–H and O–H groups in total. The van der Waals surface area contributed by atoms with Gasteiger partial charge in [-0.15, -0.1) is 0 Å². The number of allylic oxidation sites excluding steroid dienone is 17. The summed E-state index contributed by atoms with van der Waals surface area (Å²) >= 11 is 0. The highest BCUT2D eigenvalue weighted by Gasteiger charge is 2.47. The first-order chi connectivity index (χ1) is 29.2. The number of hydrogen-bond donors (Lipinski definition) is 4. The summed E-state index contributed by atoms with van der Waals surface area (Å²) < 4.78 is 21.6. The maximum atomic E-state index is 12.8. The average molecular weight is 839 g/mol. The van der Waals surface area contributed by atoms with Gasteiger partial charge in [-0.05, 0) is 77.0 Å². The number of hydrogen-bond acceptors (Lipinski definition) is 10. The second-order valence-electron chi connectivity index (χ2n) is 14.4. The Hall–Kier alpha value is -4.13. The summed E-state index contributed by atoms with van der Waals surface area (Å²) in [5.41, 5.74) is 0. The van der Waals surface area contributed by atoms with Crippen LogP contribution in [-0.2, 0) is 33.3 Å². The fourth-order valence-electron chi connectivity index (χ4n) is 5.76. The zero-order chi connectivity index (χ0) is 43.9. The summed E-state index contributed by atoms with van der Waals surface area (Å²) in [7, 11) is 0. The van der Waals surface area contributed by atoms with Gasteiger partial charge in [-0.3, -0.25) is 9.59 Å². The highest BCUT2D eigenvalue weighted by atomic mass is 16.7. The molecule has 0 aromatic carbocycles. The fraction of sp³-hybridized carbons (Fsp3) is 0.571. The molecule has 0 amide bonds. The second-order valence-corrected chi connectivity index (χ2v) is 14.4. The van der Waals surface area contributed by atoms with E-state index in [-0.39, 0.29) is 19.4 Å². The lowest BCUT2D eigenvalue weighted by Crippen LogP contribution is -2.60. The minimum absolute atomic E-state index is 0.00664. The van der Waals surface area contributed by atoms with Crippen molar-refractivity contribution in [2.75, 3.05) is 13.2 Å². The molecule has 1 rings (SSSR count). The molecule has 6 atom stereocenters. The number of aliphatic hydroxyl groups is 3. The minimum Gasteiger partial charge on any atom is -0.479 e. The second kappa shape index (κ2) is 37.8. The van der Waals surface area contributed by atoms with E-state index in [0.717, 1.165) is 89.9 Å². The van der Waals surface area contributed by atoms with Gasteiger partial charge in [0.25, 0.3) is 0 Å². The standard InChI is InChI=1S/C49H74O11/c1-3-5-7-9-11-13-15-17-19-20-21-22-24-26-28-30-32-34-36-38-43(51)59-41(40-58-49-46(54)44(52)45(53)47(60-49)48(55)56)39-57-42(50)37-35-33-31-29-27-25-23-18-16-14-12-10-8-6-4-2/h5-8,11-14,17-19,21-23,27,29,33,35,41,44-47,49,52-54H,3-4,9-10,15-16,20,24-26,28,30-32,34,36-40H2,1-2H3,(H,55,56)/b7-5-,8-6-,13-11-,14-12-,19-17-,22-21-,23-18-,29-27-,35-33-. The molecule has 11 nitrogen and oxygen atoms in total. The van der Waals surface area contributed by atoms with Crippen LogP contribution in [0.5, 0.6) is 0 Å². The largest absolute Gasteiger partial charge is 0.479 e. The molecule has 1 aliphatic rings. The Kier molecular flexibility index (Phi) is 34.0. The quantitative estimate of drug-likeness (QED) is 0.0277. The molecule has 1 aliphatic heterocycles. The van der Waals surface area contributed by atoms with E-state index in [1.165, 1.54) is 0 Å². The number of carbonyl (C=O) groups excluding carboxylic acids is 2. The first-order valence-corrected chi connectivity index (χ1v) is 21.9. The highest BCUT2D eigenvalue weighted by Crippen LogP contribution is 2.23. The maximum absolute atomic E-state index is 12.8. The zero-order valence-electron chi connectivity index (χ0n) is 36.1. The zero-order valence-corrected chi connectivity index (χ0v) is 36.1. The van der Waals surface area contributed by atoms with Gasteiger partial charge in [-0.25, -0.2) is 4.79 Å². The van der Waals surface area contributed by atoms with Crippen LogP contribution in [0, 0.1) is 0 Å². The smallest absolute Gasteiger partial charge is 0.335 e. The van der Waals surface area contributed by atoms with Gasteiger partial charge >= 0.3 is 17.9 Å². The molecule has 0 aliphatic carbocycles. The number of rotatable bonds is 34. The van der Waals surface area contributed by atoms with Crippen LogP contribution in [-0.4, -0.2) is 88.4 Å². The molecule has 11 heteroatoms. The Labute approximate surface area is 359 Å². The van der Waals surface area contributed by atoms with Crippen molar-refractivity contribution in [2.45, 2.75) is 166 Å². The van der Waals surface area contributed by atoms with E-state index in [4.69, 9.17) is 18.9 Å². The molecule has 1 heterocycles. The van der Waals surface area contributed by atoms with Gasteiger partial charge in [-0.1, -0.05) is 149 Å². The minimum atomic E-state index is -1.88. The number of aliphatic carboxylic acids is 1. The van der Waals surface area contributed by atoms with Crippen molar-refractivity contribution in [3.63, 3.8) is 0 Å². The molecule has 6 unspecified atom stereocenters. The van der Waals surface area contributed by atoms with Gasteiger partial charge < -0.3 is 39.4 Å². The molecule has 60 heavy (non-hydrogen) atoms. The van der Waals surface area contributed by atoms with Gasteiger partial charge in [0.2, 0.25) is 0 Å². The number of carbonyl (C=O) groups is 3. The monoisotopic (exact) mass is 839 g/mol. The SMILES string of the molecule is CC/C=C\C/C=C\C/C=C\C/C=C\C/C=C\CC(=O)OCC(COC1OC(C(=O)O)C(O)C(O)C1O)OC(=O)CCCCCCCC/C=C\C/C=C\C/C=C\C/C=C\CC. The van der Waals surface area contributed by atoms with E-state index in [2.05, 4.69) is 98.9 Å². The molecular formula is C49H74O11. The summed E-state index contributed by atoms with van der Waals surface area (Å²) in [6.45, 7) is 3.46. The molecule has 336 valence electrons. The third kappa shape index (κ3) is 29.2. The van der Waals surface area contributed by atoms with Crippen LogP contribution >= 0.6 is 0 Å². The molecule has 0 aromatic heterocycles. The Morgan fingerprint density at radius 3 is 1.48 bits per heavy atom. The lowest BCUT2D eigenvalue weighted by Gasteiger charge is -2.38. The van der Waals surface area contributed by atoms with Crippen molar-refractivity contribution in [1.82, 2.24) is 0 Å². The van der Waals surface area contributed by atoms with E-state index in [0.29, 0.717) is 12.8 Å².